The van der Waals surface area contributed by atoms with E-state index in [-0.39, 0.29) is 23.6 Å². The summed E-state index contributed by atoms with van der Waals surface area (Å²) in [4.78, 5) is 24.9. The standard InChI is InChI=1S/C12H20N2O4S/c1-3-10-14(9(6-19-10)11(15)16)12(17)13-7-4-8(5-7)18-2/h7-10H,3-6H2,1-2H3,(H,13,17)(H,15,16). The fourth-order valence-corrected chi connectivity index (χ4v) is 3.81. The molecule has 2 rings (SSSR count). The highest BCUT2D eigenvalue weighted by atomic mass is 32.2. The van der Waals surface area contributed by atoms with Crippen LogP contribution in [0.3, 0.4) is 0 Å². The Morgan fingerprint density at radius 1 is 1.47 bits per heavy atom. The van der Waals surface area contributed by atoms with E-state index in [2.05, 4.69) is 5.32 Å². The minimum absolute atomic E-state index is 0.0422. The van der Waals surface area contributed by atoms with Gasteiger partial charge in [0.2, 0.25) is 0 Å². The van der Waals surface area contributed by atoms with Gasteiger partial charge in [0.15, 0.2) is 0 Å². The maximum atomic E-state index is 12.2. The average molecular weight is 288 g/mol. The lowest BCUT2D eigenvalue weighted by Gasteiger charge is -2.37. The van der Waals surface area contributed by atoms with Gasteiger partial charge in [0.25, 0.3) is 0 Å². The second-order valence-electron chi connectivity index (χ2n) is 4.93. The van der Waals surface area contributed by atoms with Gasteiger partial charge in [0.1, 0.15) is 6.04 Å². The van der Waals surface area contributed by atoms with Gasteiger partial charge < -0.3 is 15.2 Å². The first-order valence-electron chi connectivity index (χ1n) is 6.52. The van der Waals surface area contributed by atoms with E-state index in [0.717, 1.165) is 19.3 Å². The highest BCUT2D eigenvalue weighted by Gasteiger charge is 2.42. The van der Waals surface area contributed by atoms with Crippen LogP contribution in [0.1, 0.15) is 26.2 Å². The van der Waals surface area contributed by atoms with E-state index in [9.17, 15) is 14.7 Å². The predicted molar refractivity (Wildman–Crippen MR) is 72.2 cm³/mol. The Morgan fingerprint density at radius 3 is 2.68 bits per heavy atom. The number of nitrogens with zero attached hydrogens (tertiary/aromatic N) is 1. The molecule has 2 atom stereocenters. The van der Waals surface area contributed by atoms with E-state index in [1.54, 1.807) is 7.11 Å². The average Bonchev–Trinajstić information content (AvgIpc) is 2.76. The van der Waals surface area contributed by atoms with Gasteiger partial charge in [-0.25, -0.2) is 9.59 Å². The largest absolute Gasteiger partial charge is 0.480 e. The number of thioether (sulfide) groups is 1. The molecule has 1 saturated carbocycles. The number of nitrogens with one attached hydrogen (secondary N) is 1. The van der Waals surface area contributed by atoms with Crippen LogP contribution in [-0.2, 0) is 9.53 Å². The van der Waals surface area contributed by atoms with Crippen LogP contribution in [0.25, 0.3) is 0 Å². The predicted octanol–water partition coefficient (Wildman–Crippen LogP) is 1.11. The lowest BCUT2D eigenvalue weighted by atomic mass is 9.89. The molecule has 2 fully saturated rings. The van der Waals surface area contributed by atoms with E-state index in [4.69, 9.17) is 4.74 Å². The number of aliphatic carboxylic acids is 1. The third kappa shape index (κ3) is 2.97. The quantitative estimate of drug-likeness (QED) is 0.810. The minimum Gasteiger partial charge on any atom is -0.480 e. The molecular weight excluding hydrogens is 268 g/mol. The Balaban J connectivity index is 1.93. The first-order chi connectivity index (χ1) is 9.06. The van der Waals surface area contributed by atoms with Gasteiger partial charge in [0, 0.05) is 18.9 Å². The lowest BCUT2D eigenvalue weighted by Crippen LogP contribution is -2.55. The summed E-state index contributed by atoms with van der Waals surface area (Å²) in [6, 6.07) is -0.868. The van der Waals surface area contributed by atoms with Gasteiger partial charge in [-0.05, 0) is 19.3 Å². The maximum Gasteiger partial charge on any atom is 0.327 e. The van der Waals surface area contributed by atoms with Crippen LogP contribution in [0.4, 0.5) is 4.79 Å². The van der Waals surface area contributed by atoms with Crippen molar-refractivity contribution in [3.8, 4) is 0 Å². The first-order valence-corrected chi connectivity index (χ1v) is 7.57. The third-order valence-electron chi connectivity index (χ3n) is 3.72. The molecule has 0 aromatic carbocycles. The summed E-state index contributed by atoms with van der Waals surface area (Å²) in [6.45, 7) is 1.96. The zero-order valence-electron chi connectivity index (χ0n) is 11.2. The number of methoxy groups -OCH3 is 1. The van der Waals surface area contributed by atoms with Crippen molar-refractivity contribution >= 4 is 23.8 Å². The number of hydrogen-bond acceptors (Lipinski definition) is 4. The zero-order valence-corrected chi connectivity index (χ0v) is 12.0. The van der Waals surface area contributed by atoms with E-state index < -0.39 is 12.0 Å². The third-order valence-corrected chi connectivity index (χ3v) is 5.17. The second kappa shape index (κ2) is 6.00. The smallest absolute Gasteiger partial charge is 0.327 e. The first kappa shape index (κ1) is 14.5. The van der Waals surface area contributed by atoms with Crippen molar-refractivity contribution in [1.29, 1.82) is 0 Å². The summed E-state index contributed by atoms with van der Waals surface area (Å²) in [6.07, 6.45) is 2.58. The van der Waals surface area contributed by atoms with Crippen molar-refractivity contribution in [3.63, 3.8) is 0 Å². The normalized spacial score (nSPS) is 33.9. The number of ether oxygens (including phenoxy) is 1. The molecule has 1 heterocycles. The minimum atomic E-state index is -0.929. The Morgan fingerprint density at radius 2 is 2.16 bits per heavy atom. The van der Waals surface area contributed by atoms with Gasteiger partial charge >= 0.3 is 12.0 Å². The Kier molecular flexibility index (Phi) is 4.57. The highest BCUT2D eigenvalue weighted by molar-refractivity contribution is 8.00. The highest BCUT2D eigenvalue weighted by Crippen LogP contribution is 2.32. The van der Waals surface area contributed by atoms with Gasteiger partial charge in [-0.15, -0.1) is 11.8 Å². The summed E-state index contributed by atoms with van der Waals surface area (Å²) >= 11 is 1.53. The number of rotatable bonds is 4. The van der Waals surface area contributed by atoms with Crippen LogP contribution < -0.4 is 5.32 Å². The van der Waals surface area contributed by atoms with Gasteiger partial charge in [-0.1, -0.05) is 6.92 Å². The van der Waals surface area contributed by atoms with Crippen molar-refractivity contribution in [2.45, 2.75) is 49.7 Å². The zero-order chi connectivity index (χ0) is 14.0. The van der Waals surface area contributed by atoms with Crippen LogP contribution in [0, 0.1) is 0 Å². The van der Waals surface area contributed by atoms with E-state index in [1.165, 1.54) is 16.7 Å². The summed E-state index contributed by atoms with van der Waals surface area (Å²) < 4.78 is 5.16. The topological polar surface area (TPSA) is 78.9 Å². The summed E-state index contributed by atoms with van der Waals surface area (Å²) in [5.74, 6) is -0.464. The van der Waals surface area contributed by atoms with E-state index >= 15 is 0 Å². The van der Waals surface area contributed by atoms with Crippen LogP contribution >= 0.6 is 11.8 Å². The number of carbonyl (C=O) groups excluding carboxylic acids is 1. The van der Waals surface area contributed by atoms with Crippen molar-refractivity contribution < 1.29 is 19.4 Å². The van der Waals surface area contributed by atoms with Gasteiger partial charge in [-0.3, -0.25) is 4.90 Å². The number of carboxylic acids is 1. The molecule has 1 aliphatic heterocycles. The fourth-order valence-electron chi connectivity index (χ4n) is 2.47. The van der Waals surface area contributed by atoms with Crippen LogP contribution in [-0.4, -0.2) is 58.4 Å². The SMILES string of the molecule is CCC1SCC(C(=O)O)N1C(=O)NC1CC(OC)C1. The van der Waals surface area contributed by atoms with Crippen LogP contribution in [0.2, 0.25) is 0 Å². The monoisotopic (exact) mass is 288 g/mol. The van der Waals surface area contributed by atoms with E-state index in [1.807, 2.05) is 6.92 Å². The van der Waals surface area contributed by atoms with Gasteiger partial charge in [0.05, 0.1) is 11.5 Å². The molecule has 0 spiro atoms. The number of hydrogen-bond donors (Lipinski definition) is 2. The van der Waals surface area contributed by atoms with Crippen LogP contribution in [0.5, 0.6) is 0 Å². The molecule has 2 amide bonds. The molecule has 1 aliphatic carbocycles. The summed E-state index contributed by atoms with van der Waals surface area (Å²) in [5.41, 5.74) is 0. The molecule has 19 heavy (non-hydrogen) atoms. The summed E-state index contributed by atoms with van der Waals surface area (Å²) in [5, 5.41) is 12.0. The Labute approximate surface area is 116 Å². The molecule has 7 heteroatoms. The molecule has 108 valence electrons. The molecule has 0 radical (unpaired) electrons. The summed E-state index contributed by atoms with van der Waals surface area (Å²) in [7, 11) is 1.66. The van der Waals surface area contributed by atoms with Gasteiger partial charge in [-0.2, -0.15) is 0 Å². The van der Waals surface area contributed by atoms with Crippen molar-refractivity contribution in [1.82, 2.24) is 10.2 Å². The van der Waals surface area contributed by atoms with Crippen molar-refractivity contribution in [2.75, 3.05) is 12.9 Å². The van der Waals surface area contributed by atoms with Crippen molar-refractivity contribution in [2.24, 2.45) is 0 Å². The lowest BCUT2D eigenvalue weighted by molar-refractivity contribution is -0.141. The number of amides is 2. The Hall–Kier alpha value is -0.950. The number of urea groups is 1. The maximum absolute atomic E-state index is 12.2. The second-order valence-corrected chi connectivity index (χ2v) is 6.14. The molecule has 0 bridgehead atoms. The molecule has 2 unspecified atom stereocenters. The molecular formula is C12H20N2O4S. The van der Waals surface area contributed by atoms with Crippen molar-refractivity contribution in [3.05, 3.63) is 0 Å². The molecule has 0 aromatic heterocycles. The number of carbonyl (C=O) groups is 2. The van der Waals surface area contributed by atoms with E-state index in [0.29, 0.717) is 5.75 Å². The van der Waals surface area contributed by atoms with Crippen LogP contribution in [0.15, 0.2) is 0 Å². The molecule has 1 saturated heterocycles. The Bertz CT molecular complexity index is 360. The molecule has 2 aliphatic rings. The number of carboxylic acid groups (broad SMARTS) is 1. The molecule has 2 N–H and O–H groups in total. The molecule has 0 aromatic rings. The fraction of sp³-hybridized carbons (Fsp3) is 0.833. The molecule has 6 nitrogen and oxygen atoms in total.